The Hall–Kier alpha value is -2.09. The van der Waals surface area contributed by atoms with Gasteiger partial charge < -0.3 is 4.74 Å². The van der Waals surface area contributed by atoms with Crippen molar-refractivity contribution in [3.05, 3.63) is 59.2 Å². The van der Waals surface area contributed by atoms with Crippen LogP contribution < -0.4 is 0 Å². The van der Waals surface area contributed by atoms with Gasteiger partial charge in [0.2, 0.25) is 0 Å². The van der Waals surface area contributed by atoms with E-state index in [1.165, 1.54) is 34.3 Å². The fourth-order valence-corrected chi connectivity index (χ4v) is 2.72. The molecule has 95 valence electrons. The molecule has 0 bridgehead atoms. The van der Waals surface area contributed by atoms with Crippen LogP contribution in [0.3, 0.4) is 0 Å². The van der Waals surface area contributed by atoms with Gasteiger partial charge in [-0.2, -0.15) is 0 Å². The zero-order valence-corrected chi connectivity index (χ0v) is 10.7. The lowest BCUT2D eigenvalue weighted by atomic mass is 10.0. The normalized spacial score (nSPS) is 11.8. The van der Waals surface area contributed by atoms with Crippen molar-refractivity contribution in [2.75, 3.05) is 6.61 Å². The molecule has 0 saturated heterocycles. The maximum Gasteiger partial charge on any atom is 0.417 e. The Morgan fingerprint density at radius 3 is 2.79 bits per heavy atom. The van der Waals surface area contributed by atoms with Crippen molar-refractivity contribution >= 4 is 6.47 Å². The first kappa shape index (κ1) is 12.0. The summed E-state index contributed by atoms with van der Waals surface area (Å²) in [5, 5.41) is 0. The molecule has 1 aliphatic rings. The zero-order chi connectivity index (χ0) is 13.1. The van der Waals surface area contributed by atoms with Crippen molar-refractivity contribution in [3.8, 4) is 11.1 Å². The topological polar surface area (TPSA) is 26.3 Å². The molecule has 2 aromatic carbocycles. The minimum atomic E-state index is 0.442. The van der Waals surface area contributed by atoms with E-state index in [1.807, 2.05) is 0 Å². The van der Waals surface area contributed by atoms with E-state index >= 15 is 0 Å². The molecular weight excluding hydrogens is 236 g/mol. The molecular formula is C17H15O2. The van der Waals surface area contributed by atoms with Gasteiger partial charge >= 0.3 is 6.47 Å². The highest BCUT2D eigenvalue weighted by atomic mass is 16.5. The van der Waals surface area contributed by atoms with Gasteiger partial charge in [0.1, 0.15) is 0 Å². The predicted octanol–water partition coefficient (Wildman–Crippen LogP) is 3.27. The summed E-state index contributed by atoms with van der Waals surface area (Å²) < 4.78 is 4.60. The minimum absolute atomic E-state index is 0.442. The Morgan fingerprint density at radius 2 is 1.89 bits per heavy atom. The molecule has 0 unspecified atom stereocenters. The van der Waals surface area contributed by atoms with Crippen molar-refractivity contribution in [2.24, 2.45) is 0 Å². The lowest BCUT2D eigenvalue weighted by Gasteiger charge is -2.05. The SMILES string of the molecule is O=[C]OCCCc1ccc2c(c1)-c1ccccc1C2. The molecule has 2 nitrogen and oxygen atoms in total. The molecule has 0 heterocycles. The summed E-state index contributed by atoms with van der Waals surface area (Å²) in [5.74, 6) is 0. The van der Waals surface area contributed by atoms with Crippen LogP contribution >= 0.6 is 0 Å². The van der Waals surface area contributed by atoms with Crippen LogP contribution in [0.25, 0.3) is 11.1 Å². The molecule has 19 heavy (non-hydrogen) atoms. The van der Waals surface area contributed by atoms with Gasteiger partial charge in [-0.3, -0.25) is 0 Å². The fourth-order valence-electron chi connectivity index (χ4n) is 2.72. The van der Waals surface area contributed by atoms with E-state index in [2.05, 4.69) is 47.2 Å². The van der Waals surface area contributed by atoms with Crippen molar-refractivity contribution in [3.63, 3.8) is 0 Å². The van der Waals surface area contributed by atoms with Gasteiger partial charge in [-0.05, 0) is 47.1 Å². The van der Waals surface area contributed by atoms with E-state index in [9.17, 15) is 4.79 Å². The summed E-state index contributed by atoms with van der Waals surface area (Å²) >= 11 is 0. The van der Waals surface area contributed by atoms with Gasteiger partial charge in [0.05, 0.1) is 6.61 Å². The highest BCUT2D eigenvalue weighted by molar-refractivity contribution is 5.77. The third-order valence-corrected chi connectivity index (χ3v) is 3.63. The third kappa shape index (κ3) is 2.39. The number of fused-ring (bicyclic) bond motifs is 3. The van der Waals surface area contributed by atoms with E-state index in [-0.39, 0.29) is 0 Å². The number of rotatable bonds is 5. The molecule has 2 heteroatoms. The average molecular weight is 251 g/mol. The zero-order valence-electron chi connectivity index (χ0n) is 10.7. The van der Waals surface area contributed by atoms with Gasteiger partial charge in [0.25, 0.3) is 0 Å². The Bertz CT molecular complexity index is 602. The molecule has 0 N–H and O–H groups in total. The smallest absolute Gasteiger partial charge is 0.417 e. The van der Waals surface area contributed by atoms with Gasteiger partial charge in [-0.15, -0.1) is 0 Å². The first-order valence-electron chi connectivity index (χ1n) is 6.57. The van der Waals surface area contributed by atoms with Crippen LogP contribution in [0.15, 0.2) is 42.5 Å². The second-order valence-electron chi connectivity index (χ2n) is 4.86. The number of aryl methyl sites for hydroxylation is 1. The Morgan fingerprint density at radius 1 is 1.05 bits per heavy atom. The highest BCUT2D eigenvalue weighted by Gasteiger charge is 2.17. The van der Waals surface area contributed by atoms with E-state index < -0.39 is 0 Å². The molecule has 1 radical (unpaired) electrons. The molecule has 2 aromatic rings. The summed E-state index contributed by atoms with van der Waals surface area (Å²) in [7, 11) is 0. The number of benzene rings is 2. The largest absolute Gasteiger partial charge is 0.457 e. The van der Waals surface area contributed by atoms with Crippen LogP contribution in [0.4, 0.5) is 0 Å². The van der Waals surface area contributed by atoms with Gasteiger partial charge in [-0.25, -0.2) is 4.79 Å². The second kappa shape index (κ2) is 5.27. The number of hydrogen-bond acceptors (Lipinski definition) is 2. The maximum absolute atomic E-state index is 9.96. The molecule has 0 aromatic heterocycles. The fraction of sp³-hybridized carbons (Fsp3) is 0.235. The molecule has 1 aliphatic carbocycles. The lowest BCUT2D eigenvalue weighted by molar-refractivity contribution is 0.273. The molecule has 0 aliphatic heterocycles. The maximum atomic E-state index is 9.96. The molecule has 3 rings (SSSR count). The van der Waals surface area contributed by atoms with Crippen molar-refractivity contribution in [1.29, 1.82) is 0 Å². The number of ether oxygens (including phenoxy) is 1. The first-order chi connectivity index (χ1) is 9.38. The van der Waals surface area contributed by atoms with E-state index in [4.69, 9.17) is 0 Å². The summed E-state index contributed by atoms with van der Waals surface area (Å²) in [6.45, 7) is 1.90. The first-order valence-corrected chi connectivity index (χ1v) is 6.57. The van der Waals surface area contributed by atoms with Crippen molar-refractivity contribution < 1.29 is 9.53 Å². The third-order valence-electron chi connectivity index (χ3n) is 3.63. The average Bonchev–Trinajstić information content (AvgIpc) is 2.82. The standard InChI is InChI=1S/C17H15O2/c18-12-19-9-3-4-13-7-8-15-11-14-5-1-2-6-16(14)17(15)10-13/h1-2,5-8,10H,3-4,9,11H2. The van der Waals surface area contributed by atoms with Crippen LogP contribution in [0.1, 0.15) is 23.1 Å². The van der Waals surface area contributed by atoms with Crippen LogP contribution in [-0.4, -0.2) is 13.1 Å². The van der Waals surface area contributed by atoms with E-state index in [1.54, 1.807) is 0 Å². The van der Waals surface area contributed by atoms with Crippen LogP contribution in [-0.2, 0) is 22.4 Å². The molecule has 0 saturated carbocycles. The number of hydrogen-bond donors (Lipinski definition) is 0. The van der Waals surface area contributed by atoms with Gasteiger partial charge in [0.15, 0.2) is 0 Å². The van der Waals surface area contributed by atoms with Crippen molar-refractivity contribution in [2.45, 2.75) is 19.3 Å². The second-order valence-corrected chi connectivity index (χ2v) is 4.86. The molecule has 0 atom stereocenters. The minimum Gasteiger partial charge on any atom is -0.457 e. The number of carbonyl (C=O) groups excluding carboxylic acids is 1. The molecule has 0 fully saturated rings. The summed E-state index contributed by atoms with van der Waals surface area (Å²) in [5.41, 5.74) is 6.83. The lowest BCUT2D eigenvalue weighted by Crippen LogP contribution is -1.95. The van der Waals surface area contributed by atoms with E-state index in [0.29, 0.717) is 6.61 Å². The summed E-state index contributed by atoms with van der Waals surface area (Å²) in [6.07, 6.45) is 2.81. The summed E-state index contributed by atoms with van der Waals surface area (Å²) in [6, 6.07) is 15.2. The predicted molar refractivity (Wildman–Crippen MR) is 74.7 cm³/mol. The summed E-state index contributed by atoms with van der Waals surface area (Å²) in [4.78, 5) is 9.96. The Kier molecular flexibility index (Phi) is 3.32. The molecule has 0 amide bonds. The van der Waals surface area contributed by atoms with E-state index in [0.717, 1.165) is 19.3 Å². The highest BCUT2D eigenvalue weighted by Crippen LogP contribution is 2.36. The van der Waals surface area contributed by atoms with Crippen LogP contribution in [0, 0.1) is 0 Å². The monoisotopic (exact) mass is 251 g/mol. The Balaban J connectivity index is 1.79. The van der Waals surface area contributed by atoms with Crippen molar-refractivity contribution in [1.82, 2.24) is 0 Å². The van der Waals surface area contributed by atoms with Gasteiger partial charge in [0, 0.05) is 0 Å². The van der Waals surface area contributed by atoms with Gasteiger partial charge in [-0.1, -0.05) is 42.5 Å². The van der Waals surface area contributed by atoms with Crippen LogP contribution in [0.2, 0.25) is 0 Å². The van der Waals surface area contributed by atoms with Crippen LogP contribution in [0.5, 0.6) is 0 Å². The quantitative estimate of drug-likeness (QED) is 0.650. The Labute approximate surface area is 113 Å². The molecule has 0 spiro atoms.